The van der Waals surface area contributed by atoms with Gasteiger partial charge >= 0.3 is 0 Å². The fourth-order valence-corrected chi connectivity index (χ4v) is 1.14. The third-order valence-electron chi connectivity index (χ3n) is 1.31. The summed E-state index contributed by atoms with van der Waals surface area (Å²) in [4.78, 5) is 9.89. The molecule has 0 aromatic heterocycles. The Labute approximate surface area is 80.6 Å². The molecule has 0 aliphatic rings. The van der Waals surface area contributed by atoms with Crippen LogP contribution >= 0.6 is 23.2 Å². The van der Waals surface area contributed by atoms with E-state index in [2.05, 4.69) is 0 Å². The van der Waals surface area contributed by atoms with Crippen LogP contribution in [0.1, 0.15) is 5.56 Å². The van der Waals surface area contributed by atoms with E-state index in [-0.39, 0.29) is 0 Å². The Kier molecular flexibility index (Phi) is 3.32. The molecule has 0 N–H and O–H groups in total. The molecule has 0 unspecified atom stereocenters. The molecule has 0 saturated carbocycles. The molecule has 1 rings (SSSR count). The Hall–Kier alpha value is -0.790. The molecule has 61 valence electrons. The predicted molar refractivity (Wildman–Crippen MR) is 51.2 cm³/mol. The lowest BCUT2D eigenvalue weighted by molar-refractivity contribution is 0.564. The number of rotatable bonds is 2. The minimum Gasteiger partial charge on any atom is -0.286 e. The van der Waals surface area contributed by atoms with Crippen molar-refractivity contribution >= 4 is 35.6 Å². The van der Waals surface area contributed by atoms with Crippen LogP contribution in [0.5, 0.6) is 0 Å². The first-order valence-corrected chi connectivity index (χ1v) is 3.99. The maximum atomic E-state index is 9.89. The number of hydrogen-bond acceptors (Lipinski definition) is 1. The minimum atomic E-state index is 0.450. The fraction of sp³-hybridized carbons (Fsp3) is 0. The smallest absolute Gasteiger partial charge is 0.225 e. The lowest BCUT2D eigenvalue weighted by atomic mass is 10.2. The summed E-state index contributed by atoms with van der Waals surface area (Å²) in [5.74, 6) is 0. The molecule has 0 heterocycles. The largest absolute Gasteiger partial charge is 0.286 e. The van der Waals surface area contributed by atoms with Gasteiger partial charge in [0.25, 0.3) is 0 Å². The molecule has 0 spiro atoms. The van der Waals surface area contributed by atoms with Crippen LogP contribution in [0.15, 0.2) is 24.3 Å². The van der Waals surface area contributed by atoms with Crippen LogP contribution in [0.2, 0.25) is 10.0 Å². The summed E-state index contributed by atoms with van der Waals surface area (Å²) in [7, 11) is 0. The molecule has 12 heavy (non-hydrogen) atoms. The number of hydrogen-bond donors (Lipinski definition) is 0. The molecular weight excluding hydrogens is 195 g/mol. The standard InChI is InChI=1S/C9H5Cl2O/c10-8-5-1-3-7(9(8)11)4-2-6-12/h1-5H/b4-2+. The zero-order valence-electron chi connectivity index (χ0n) is 6.05. The van der Waals surface area contributed by atoms with Gasteiger partial charge in [0, 0.05) is 0 Å². The van der Waals surface area contributed by atoms with Gasteiger partial charge in [0.05, 0.1) is 10.0 Å². The third kappa shape index (κ3) is 2.10. The average molecular weight is 200 g/mol. The summed E-state index contributed by atoms with van der Waals surface area (Å²) >= 11 is 11.5. The van der Waals surface area contributed by atoms with Gasteiger partial charge in [-0.25, -0.2) is 0 Å². The molecule has 3 heteroatoms. The summed E-state index contributed by atoms with van der Waals surface area (Å²) in [6, 6.07) is 5.21. The van der Waals surface area contributed by atoms with Crippen molar-refractivity contribution in [2.45, 2.75) is 0 Å². The van der Waals surface area contributed by atoms with Gasteiger partial charge in [0.1, 0.15) is 0 Å². The van der Waals surface area contributed by atoms with Crippen LogP contribution in [0.25, 0.3) is 6.08 Å². The zero-order valence-corrected chi connectivity index (χ0v) is 7.56. The Balaban J connectivity index is 3.07. The molecule has 0 fully saturated rings. The normalized spacial score (nSPS) is 10.5. The summed E-state index contributed by atoms with van der Waals surface area (Å²) < 4.78 is 0. The van der Waals surface area contributed by atoms with Crippen molar-refractivity contribution in [2.75, 3.05) is 0 Å². The van der Waals surface area contributed by atoms with Crippen LogP contribution in [0.3, 0.4) is 0 Å². The molecule has 1 radical (unpaired) electrons. The van der Waals surface area contributed by atoms with Gasteiger partial charge in [0.2, 0.25) is 6.29 Å². The molecule has 0 saturated heterocycles. The van der Waals surface area contributed by atoms with Crippen LogP contribution in [0, 0.1) is 0 Å². The summed E-state index contributed by atoms with van der Waals surface area (Å²) in [5, 5.41) is 0.926. The van der Waals surface area contributed by atoms with Gasteiger partial charge in [-0.15, -0.1) is 0 Å². The molecule has 1 nitrogen and oxygen atoms in total. The van der Waals surface area contributed by atoms with Crippen molar-refractivity contribution in [2.24, 2.45) is 0 Å². The van der Waals surface area contributed by atoms with Crippen molar-refractivity contribution in [1.29, 1.82) is 0 Å². The van der Waals surface area contributed by atoms with E-state index in [1.807, 2.05) is 0 Å². The lowest BCUT2D eigenvalue weighted by Gasteiger charge is -1.98. The number of benzene rings is 1. The highest BCUT2D eigenvalue weighted by Gasteiger charge is 1.99. The van der Waals surface area contributed by atoms with E-state index in [4.69, 9.17) is 23.2 Å². The Morgan fingerprint density at radius 3 is 2.75 bits per heavy atom. The van der Waals surface area contributed by atoms with Gasteiger partial charge in [-0.2, -0.15) is 0 Å². The summed E-state index contributed by atoms with van der Waals surface area (Å²) in [6.07, 6.45) is 4.43. The van der Waals surface area contributed by atoms with Crippen molar-refractivity contribution < 1.29 is 4.79 Å². The molecule has 0 aliphatic heterocycles. The molecule has 0 amide bonds. The number of allylic oxidation sites excluding steroid dienone is 1. The Bertz CT molecular complexity index is 318. The first-order chi connectivity index (χ1) is 5.75. The van der Waals surface area contributed by atoms with Crippen LogP contribution in [0.4, 0.5) is 0 Å². The van der Waals surface area contributed by atoms with Gasteiger partial charge in [-0.1, -0.05) is 35.3 Å². The predicted octanol–water partition coefficient (Wildman–Crippen LogP) is 3.12. The fourth-order valence-electron chi connectivity index (χ4n) is 0.773. The maximum absolute atomic E-state index is 9.89. The van der Waals surface area contributed by atoms with Gasteiger partial charge < -0.3 is 0 Å². The Morgan fingerprint density at radius 2 is 2.08 bits per heavy atom. The van der Waals surface area contributed by atoms with E-state index < -0.39 is 0 Å². The molecule has 1 aromatic rings. The number of carbonyl (C=O) groups excluding carboxylic acids is 1. The van der Waals surface area contributed by atoms with E-state index in [1.165, 1.54) is 6.08 Å². The number of halogens is 2. The van der Waals surface area contributed by atoms with E-state index in [9.17, 15) is 4.79 Å². The summed E-state index contributed by atoms with van der Waals surface area (Å²) in [5.41, 5.74) is 0.715. The topological polar surface area (TPSA) is 17.1 Å². The quantitative estimate of drug-likeness (QED) is 0.670. The molecule has 0 bridgehead atoms. The highest BCUT2D eigenvalue weighted by atomic mass is 35.5. The van der Waals surface area contributed by atoms with Gasteiger partial charge in [-0.05, 0) is 23.8 Å². The van der Waals surface area contributed by atoms with E-state index in [0.717, 1.165) is 0 Å². The zero-order chi connectivity index (χ0) is 8.97. The van der Waals surface area contributed by atoms with Crippen molar-refractivity contribution in [3.8, 4) is 0 Å². The van der Waals surface area contributed by atoms with E-state index in [1.54, 1.807) is 30.6 Å². The molecule has 0 atom stereocenters. The highest BCUT2D eigenvalue weighted by Crippen LogP contribution is 2.26. The van der Waals surface area contributed by atoms with Crippen LogP contribution < -0.4 is 0 Å². The molecule has 1 aromatic carbocycles. The molecule has 0 aliphatic carbocycles. The average Bonchev–Trinajstić information content (AvgIpc) is 2.08. The first-order valence-electron chi connectivity index (χ1n) is 3.24. The van der Waals surface area contributed by atoms with Gasteiger partial charge in [-0.3, -0.25) is 4.79 Å². The minimum absolute atomic E-state index is 0.450. The van der Waals surface area contributed by atoms with E-state index in [0.29, 0.717) is 15.6 Å². The second-order valence-electron chi connectivity index (χ2n) is 2.09. The second-order valence-corrected chi connectivity index (χ2v) is 2.88. The SMILES string of the molecule is O=[C]/C=C/c1cccc(Cl)c1Cl. The Morgan fingerprint density at radius 1 is 1.33 bits per heavy atom. The van der Waals surface area contributed by atoms with Crippen molar-refractivity contribution in [3.05, 3.63) is 39.9 Å². The van der Waals surface area contributed by atoms with E-state index >= 15 is 0 Å². The highest BCUT2D eigenvalue weighted by molar-refractivity contribution is 6.42. The second kappa shape index (κ2) is 4.29. The maximum Gasteiger partial charge on any atom is 0.225 e. The van der Waals surface area contributed by atoms with Crippen LogP contribution in [-0.4, -0.2) is 6.29 Å². The monoisotopic (exact) mass is 199 g/mol. The van der Waals surface area contributed by atoms with Crippen LogP contribution in [-0.2, 0) is 4.79 Å². The van der Waals surface area contributed by atoms with Gasteiger partial charge in [0.15, 0.2) is 0 Å². The summed E-state index contributed by atoms with van der Waals surface area (Å²) in [6.45, 7) is 0. The van der Waals surface area contributed by atoms with Crippen molar-refractivity contribution in [3.63, 3.8) is 0 Å². The van der Waals surface area contributed by atoms with Crippen molar-refractivity contribution in [1.82, 2.24) is 0 Å². The lowest BCUT2D eigenvalue weighted by Crippen LogP contribution is -1.75. The third-order valence-corrected chi connectivity index (χ3v) is 2.15. The molecular formula is C9H5Cl2O. The first kappa shape index (κ1) is 9.30.